The highest BCUT2D eigenvalue weighted by Gasteiger charge is 2.15. The summed E-state index contributed by atoms with van der Waals surface area (Å²) in [5.41, 5.74) is 2.71. The van der Waals surface area contributed by atoms with Crippen molar-refractivity contribution in [1.82, 2.24) is 15.3 Å². The fraction of sp³-hybridized carbons (Fsp3) is 0.0476. The summed E-state index contributed by atoms with van der Waals surface area (Å²) in [6.07, 6.45) is 3.44. The lowest BCUT2D eigenvalue weighted by atomic mass is 10.1. The molecule has 4 rings (SSSR count). The van der Waals surface area contributed by atoms with Crippen LogP contribution in [0.4, 0.5) is 5.69 Å². The Morgan fingerprint density at radius 3 is 2.55 bits per heavy atom. The van der Waals surface area contributed by atoms with Crippen molar-refractivity contribution < 1.29 is 9.59 Å². The summed E-state index contributed by atoms with van der Waals surface area (Å²) in [5, 5.41) is 10.3. The number of rotatable bonds is 6. The number of hydrogen-bond donors (Lipinski definition) is 2. The van der Waals surface area contributed by atoms with Gasteiger partial charge in [0.25, 0.3) is 11.8 Å². The number of benzene rings is 1. The van der Waals surface area contributed by atoms with Crippen LogP contribution in [-0.4, -0.2) is 21.8 Å². The molecule has 0 aliphatic carbocycles. The van der Waals surface area contributed by atoms with Gasteiger partial charge in [-0.15, -0.1) is 22.7 Å². The van der Waals surface area contributed by atoms with E-state index in [0.29, 0.717) is 22.7 Å². The van der Waals surface area contributed by atoms with E-state index in [-0.39, 0.29) is 11.8 Å². The summed E-state index contributed by atoms with van der Waals surface area (Å²) in [7, 11) is 0. The summed E-state index contributed by atoms with van der Waals surface area (Å²) in [6, 6.07) is 14.3. The van der Waals surface area contributed by atoms with Crippen LogP contribution in [0.25, 0.3) is 11.3 Å². The molecule has 0 spiro atoms. The topological polar surface area (TPSA) is 84.0 Å². The molecular formula is C21H16N4O2S2. The standard InChI is InChI=1S/C21H16N4O2S2/c26-20(23-12-19-24-17(13-29-19)14-7-9-22-10-8-14)15-4-1-2-5-16(15)25-21(27)18-6-3-11-28-18/h1-11,13H,12H2,(H,23,26)(H,25,27). The van der Waals surface area contributed by atoms with Crippen LogP contribution in [0.1, 0.15) is 25.0 Å². The summed E-state index contributed by atoms with van der Waals surface area (Å²) in [4.78, 5) is 34.2. The molecule has 0 bridgehead atoms. The Balaban J connectivity index is 1.43. The molecule has 4 aromatic rings. The zero-order chi connectivity index (χ0) is 20.1. The number of amides is 2. The third kappa shape index (κ3) is 4.56. The molecule has 8 heteroatoms. The van der Waals surface area contributed by atoms with Gasteiger partial charge in [-0.05, 0) is 35.7 Å². The molecule has 2 amide bonds. The molecular weight excluding hydrogens is 404 g/mol. The van der Waals surface area contributed by atoms with Crippen molar-refractivity contribution in [3.05, 3.63) is 87.1 Å². The van der Waals surface area contributed by atoms with E-state index < -0.39 is 0 Å². The zero-order valence-electron chi connectivity index (χ0n) is 15.2. The second-order valence-corrected chi connectivity index (χ2v) is 7.91. The van der Waals surface area contributed by atoms with Gasteiger partial charge >= 0.3 is 0 Å². The van der Waals surface area contributed by atoms with Crippen LogP contribution in [0.3, 0.4) is 0 Å². The van der Waals surface area contributed by atoms with Crippen molar-refractivity contribution in [1.29, 1.82) is 0 Å². The first kappa shape index (κ1) is 19.0. The van der Waals surface area contributed by atoms with Gasteiger partial charge in [0.1, 0.15) is 5.01 Å². The lowest BCUT2D eigenvalue weighted by Gasteiger charge is -2.10. The first-order valence-corrected chi connectivity index (χ1v) is 10.5. The largest absolute Gasteiger partial charge is 0.345 e. The third-order valence-corrected chi connectivity index (χ3v) is 5.81. The average Bonchev–Trinajstić information content (AvgIpc) is 3.45. The molecule has 0 radical (unpaired) electrons. The van der Waals surface area contributed by atoms with Gasteiger partial charge in [0.15, 0.2) is 0 Å². The lowest BCUT2D eigenvalue weighted by molar-refractivity contribution is 0.0951. The van der Waals surface area contributed by atoms with E-state index in [0.717, 1.165) is 16.3 Å². The highest BCUT2D eigenvalue weighted by atomic mass is 32.1. The number of para-hydroxylation sites is 1. The molecule has 3 aromatic heterocycles. The fourth-order valence-corrected chi connectivity index (χ4v) is 4.04. The van der Waals surface area contributed by atoms with Gasteiger partial charge in [-0.25, -0.2) is 4.98 Å². The summed E-state index contributed by atoms with van der Waals surface area (Å²) in [6.45, 7) is 0.307. The number of aromatic nitrogens is 2. The van der Waals surface area contributed by atoms with Crippen LogP contribution in [0.5, 0.6) is 0 Å². The normalized spacial score (nSPS) is 10.5. The van der Waals surface area contributed by atoms with Crippen molar-refractivity contribution >= 4 is 40.2 Å². The van der Waals surface area contributed by atoms with Gasteiger partial charge in [0.05, 0.1) is 28.4 Å². The molecule has 6 nitrogen and oxygen atoms in total. The molecule has 0 saturated heterocycles. The second-order valence-electron chi connectivity index (χ2n) is 6.02. The summed E-state index contributed by atoms with van der Waals surface area (Å²) < 4.78 is 0. The van der Waals surface area contributed by atoms with Gasteiger partial charge in [-0.1, -0.05) is 18.2 Å². The van der Waals surface area contributed by atoms with E-state index in [9.17, 15) is 9.59 Å². The Hall–Kier alpha value is -3.36. The van der Waals surface area contributed by atoms with Crippen LogP contribution in [-0.2, 0) is 6.54 Å². The number of carbonyl (C=O) groups is 2. The van der Waals surface area contributed by atoms with Crippen LogP contribution < -0.4 is 10.6 Å². The molecule has 0 aliphatic heterocycles. The predicted molar refractivity (Wildman–Crippen MR) is 115 cm³/mol. The molecule has 0 fully saturated rings. The first-order valence-electron chi connectivity index (χ1n) is 8.77. The Morgan fingerprint density at radius 2 is 1.76 bits per heavy atom. The first-order chi connectivity index (χ1) is 14.2. The van der Waals surface area contributed by atoms with E-state index >= 15 is 0 Å². The maximum absolute atomic E-state index is 12.7. The number of hydrogen-bond acceptors (Lipinski definition) is 6. The number of thiazole rings is 1. The predicted octanol–water partition coefficient (Wildman–Crippen LogP) is 4.45. The zero-order valence-corrected chi connectivity index (χ0v) is 16.8. The minimum absolute atomic E-state index is 0.234. The maximum Gasteiger partial charge on any atom is 0.265 e. The van der Waals surface area contributed by atoms with Gasteiger partial charge in [0, 0.05) is 23.3 Å². The minimum atomic E-state index is -0.271. The van der Waals surface area contributed by atoms with Crippen LogP contribution in [0, 0.1) is 0 Å². The van der Waals surface area contributed by atoms with Gasteiger partial charge in [-0.2, -0.15) is 0 Å². The number of thiophene rings is 1. The SMILES string of the molecule is O=C(Nc1ccccc1C(=O)NCc1nc(-c2ccncc2)cs1)c1cccs1. The quantitative estimate of drug-likeness (QED) is 0.483. The molecule has 3 heterocycles. The molecule has 29 heavy (non-hydrogen) atoms. The number of nitrogens with zero attached hydrogens (tertiary/aromatic N) is 2. The highest BCUT2D eigenvalue weighted by Crippen LogP contribution is 2.22. The number of nitrogens with one attached hydrogen (secondary N) is 2. The Bertz CT molecular complexity index is 1120. The van der Waals surface area contributed by atoms with Crippen molar-refractivity contribution in [2.45, 2.75) is 6.54 Å². The van der Waals surface area contributed by atoms with Crippen LogP contribution >= 0.6 is 22.7 Å². The summed E-state index contributed by atoms with van der Waals surface area (Å²) >= 11 is 2.83. The third-order valence-electron chi connectivity index (χ3n) is 4.09. The van der Waals surface area contributed by atoms with E-state index in [1.165, 1.54) is 22.7 Å². The van der Waals surface area contributed by atoms with E-state index in [4.69, 9.17) is 0 Å². The smallest absolute Gasteiger partial charge is 0.265 e. The number of anilines is 1. The van der Waals surface area contributed by atoms with Crippen molar-refractivity contribution in [2.75, 3.05) is 5.32 Å². The fourth-order valence-electron chi connectivity index (χ4n) is 2.68. The molecule has 0 saturated carbocycles. The van der Waals surface area contributed by atoms with E-state index in [2.05, 4.69) is 20.6 Å². The minimum Gasteiger partial charge on any atom is -0.345 e. The van der Waals surface area contributed by atoms with Crippen LogP contribution in [0.15, 0.2) is 71.7 Å². The average molecular weight is 421 g/mol. The molecule has 1 aromatic carbocycles. The van der Waals surface area contributed by atoms with Crippen molar-refractivity contribution in [3.63, 3.8) is 0 Å². The molecule has 144 valence electrons. The molecule has 0 atom stereocenters. The Labute approximate surface area is 175 Å². The second kappa shape index (κ2) is 8.76. The highest BCUT2D eigenvalue weighted by molar-refractivity contribution is 7.12. The monoisotopic (exact) mass is 420 g/mol. The maximum atomic E-state index is 12.7. The lowest BCUT2D eigenvalue weighted by Crippen LogP contribution is -2.24. The molecule has 0 aliphatic rings. The van der Waals surface area contributed by atoms with Gasteiger partial charge in [0.2, 0.25) is 0 Å². The van der Waals surface area contributed by atoms with Crippen LogP contribution in [0.2, 0.25) is 0 Å². The molecule has 2 N–H and O–H groups in total. The van der Waals surface area contributed by atoms with E-state index in [1.54, 1.807) is 42.7 Å². The van der Waals surface area contributed by atoms with Crippen molar-refractivity contribution in [2.24, 2.45) is 0 Å². The van der Waals surface area contributed by atoms with E-state index in [1.807, 2.05) is 29.0 Å². The van der Waals surface area contributed by atoms with Gasteiger partial charge < -0.3 is 10.6 Å². The number of carbonyl (C=O) groups excluding carboxylic acids is 2. The number of pyridine rings is 1. The molecule has 0 unspecified atom stereocenters. The Kier molecular flexibility index (Phi) is 5.73. The van der Waals surface area contributed by atoms with Gasteiger partial charge in [-0.3, -0.25) is 14.6 Å². The summed E-state index contributed by atoms with van der Waals surface area (Å²) in [5.74, 6) is -0.505. The van der Waals surface area contributed by atoms with Crippen molar-refractivity contribution in [3.8, 4) is 11.3 Å². The Morgan fingerprint density at radius 1 is 0.931 bits per heavy atom.